The summed E-state index contributed by atoms with van der Waals surface area (Å²) in [6.07, 6.45) is 1.06. The molecule has 0 aliphatic carbocycles. The summed E-state index contributed by atoms with van der Waals surface area (Å²) < 4.78 is 5.03. The van der Waals surface area contributed by atoms with Gasteiger partial charge in [0.25, 0.3) is 0 Å². The van der Waals surface area contributed by atoms with Crippen LogP contribution in [0.3, 0.4) is 0 Å². The zero-order valence-electron chi connectivity index (χ0n) is 9.32. The third kappa shape index (κ3) is 4.82. The van der Waals surface area contributed by atoms with Gasteiger partial charge in [0, 0.05) is 6.04 Å². The Morgan fingerprint density at radius 2 is 2.06 bits per heavy atom. The molecule has 86 valence electrons. The molecule has 1 rings (SSSR count). The van der Waals surface area contributed by atoms with Gasteiger partial charge in [-0.1, -0.05) is 43.7 Å². The molecule has 0 fully saturated rings. The van der Waals surface area contributed by atoms with E-state index >= 15 is 0 Å². The maximum Gasteiger partial charge on any atom is 0.407 e. The molecule has 0 saturated heterocycles. The lowest BCUT2D eigenvalue weighted by molar-refractivity contribution is 0.137. The molecule has 0 heterocycles. The highest BCUT2D eigenvalue weighted by Crippen LogP contribution is 2.01. The van der Waals surface area contributed by atoms with Crippen LogP contribution in [0, 0.1) is 13.8 Å². The number of amides is 1. The van der Waals surface area contributed by atoms with Crippen LogP contribution in [-0.2, 0) is 11.3 Å². The first-order chi connectivity index (χ1) is 7.72. The number of hydrogen-bond donors (Lipinski definition) is 1. The van der Waals surface area contributed by atoms with Crippen LogP contribution in [0.1, 0.15) is 18.4 Å². The van der Waals surface area contributed by atoms with E-state index in [-0.39, 0.29) is 12.6 Å². The van der Waals surface area contributed by atoms with Crippen molar-refractivity contribution in [2.24, 2.45) is 0 Å². The van der Waals surface area contributed by atoms with Crippen molar-refractivity contribution in [2.45, 2.75) is 25.5 Å². The predicted octanol–water partition coefficient (Wildman–Crippen LogP) is 2.73. The highest BCUT2D eigenvalue weighted by atomic mass is 16.5. The van der Waals surface area contributed by atoms with E-state index in [1.165, 1.54) is 0 Å². The first-order valence-corrected chi connectivity index (χ1v) is 5.32. The van der Waals surface area contributed by atoms with Crippen LogP contribution in [0.4, 0.5) is 4.79 Å². The second-order valence-electron chi connectivity index (χ2n) is 3.55. The van der Waals surface area contributed by atoms with Crippen molar-refractivity contribution in [2.75, 3.05) is 0 Å². The van der Waals surface area contributed by atoms with Gasteiger partial charge < -0.3 is 10.1 Å². The Balaban J connectivity index is 2.25. The van der Waals surface area contributed by atoms with E-state index in [4.69, 9.17) is 4.74 Å². The van der Waals surface area contributed by atoms with Crippen LogP contribution in [0.2, 0.25) is 0 Å². The van der Waals surface area contributed by atoms with Crippen LogP contribution in [-0.4, -0.2) is 12.1 Å². The zero-order valence-corrected chi connectivity index (χ0v) is 9.32. The molecule has 1 aromatic rings. The lowest BCUT2D eigenvalue weighted by Gasteiger charge is -2.12. The molecule has 0 aliphatic heterocycles. The molecular formula is C13H17NO2. The molecule has 0 aromatic heterocycles. The van der Waals surface area contributed by atoms with Gasteiger partial charge in [0.2, 0.25) is 0 Å². The smallest absolute Gasteiger partial charge is 0.407 e. The average molecular weight is 219 g/mol. The number of benzene rings is 1. The molecule has 0 bridgehead atoms. The molecule has 0 saturated carbocycles. The minimum Gasteiger partial charge on any atom is -0.445 e. The van der Waals surface area contributed by atoms with Gasteiger partial charge in [-0.25, -0.2) is 4.79 Å². The lowest BCUT2D eigenvalue weighted by Crippen LogP contribution is -2.33. The summed E-state index contributed by atoms with van der Waals surface area (Å²) in [7, 11) is 0. The summed E-state index contributed by atoms with van der Waals surface area (Å²) >= 11 is 0. The fraction of sp³-hybridized carbons (Fsp3) is 0.308. The van der Waals surface area contributed by atoms with Gasteiger partial charge in [0.15, 0.2) is 0 Å². The highest BCUT2D eigenvalue weighted by Gasteiger charge is 2.06. The maximum atomic E-state index is 11.3. The highest BCUT2D eigenvalue weighted by molar-refractivity contribution is 5.67. The standard InChI is InChI=1S/C13H17NO2/c1-3-7-11(2)14-13(15)16-10-12-8-5-4-6-9-12/h4-6,8-9,11H,1-3,7,10H2,(H,14,15)/t11-/m1/s1. The quantitative estimate of drug-likeness (QED) is 0.827. The molecule has 0 aliphatic rings. The Morgan fingerprint density at radius 3 is 2.69 bits per heavy atom. The Hall–Kier alpha value is -1.51. The summed E-state index contributed by atoms with van der Waals surface area (Å²) in [4.78, 5) is 11.3. The van der Waals surface area contributed by atoms with Gasteiger partial charge in [-0.3, -0.25) is 0 Å². The Labute approximate surface area is 96.8 Å². The Morgan fingerprint density at radius 1 is 1.38 bits per heavy atom. The number of hydrogen-bond acceptors (Lipinski definition) is 2. The number of carbonyl (C=O) groups is 1. The van der Waals surface area contributed by atoms with Gasteiger partial charge >= 0.3 is 6.09 Å². The summed E-state index contributed by atoms with van der Waals surface area (Å²) in [5.74, 6) is 0. The van der Waals surface area contributed by atoms with Gasteiger partial charge in [0.05, 0.1) is 0 Å². The summed E-state index contributed by atoms with van der Waals surface area (Å²) in [5.41, 5.74) is 0.968. The predicted molar refractivity (Wildman–Crippen MR) is 63.5 cm³/mol. The van der Waals surface area contributed by atoms with Crippen molar-refractivity contribution in [1.29, 1.82) is 0 Å². The largest absolute Gasteiger partial charge is 0.445 e. The molecule has 1 atom stereocenters. The maximum absolute atomic E-state index is 11.3. The second kappa shape index (κ2) is 6.88. The first kappa shape index (κ1) is 12.6. The van der Waals surface area contributed by atoms with Crippen LogP contribution in [0.25, 0.3) is 0 Å². The number of rotatable bonds is 5. The summed E-state index contributed by atoms with van der Waals surface area (Å²) in [6, 6.07) is 9.41. The van der Waals surface area contributed by atoms with Crippen LogP contribution < -0.4 is 5.32 Å². The number of nitrogens with one attached hydrogen (secondary N) is 1. The number of carbonyl (C=O) groups excluding carboxylic acids is 1. The molecule has 3 nitrogen and oxygen atoms in total. The Kier molecular flexibility index (Phi) is 5.40. The third-order valence-corrected chi connectivity index (χ3v) is 2.09. The fourth-order valence-electron chi connectivity index (χ4n) is 1.25. The van der Waals surface area contributed by atoms with E-state index in [9.17, 15) is 4.79 Å². The summed E-state index contributed by atoms with van der Waals surface area (Å²) in [5, 5.41) is 2.64. The molecule has 1 N–H and O–H groups in total. The van der Waals surface area contributed by atoms with E-state index in [0.29, 0.717) is 0 Å². The van der Waals surface area contributed by atoms with Crippen molar-refractivity contribution >= 4 is 6.09 Å². The van der Waals surface area contributed by atoms with Gasteiger partial charge in [0.1, 0.15) is 6.61 Å². The van der Waals surface area contributed by atoms with Gasteiger partial charge in [-0.2, -0.15) is 0 Å². The van der Waals surface area contributed by atoms with E-state index in [0.717, 1.165) is 18.4 Å². The van der Waals surface area contributed by atoms with E-state index in [2.05, 4.69) is 19.2 Å². The zero-order chi connectivity index (χ0) is 11.8. The molecule has 1 amide bonds. The van der Waals surface area contributed by atoms with Crippen molar-refractivity contribution < 1.29 is 9.53 Å². The lowest BCUT2D eigenvalue weighted by atomic mass is 10.2. The molecule has 16 heavy (non-hydrogen) atoms. The molecule has 0 spiro atoms. The minimum atomic E-state index is -0.433. The topological polar surface area (TPSA) is 38.3 Å². The monoisotopic (exact) mass is 219 g/mol. The van der Waals surface area contributed by atoms with E-state index in [1.807, 2.05) is 30.3 Å². The van der Waals surface area contributed by atoms with E-state index < -0.39 is 6.09 Å². The Bertz CT molecular complexity index is 311. The van der Waals surface area contributed by atoms with Gasteiger partial charge in [-0.15, -0.1) is 0 Å². The fourth-order valence-corrected chi connectivity index (χ4v) is 1.25. The normalized spacial score (nSPS) is 11.9. The molecule has 1 aromatic carbocycles. The number of alkyl carbamates (subject to hydrolysis) is 1. The van der Waals surface area contributed by atoms with Crippen molar-refractivity contribution in [3.63, 3.8) is 0 Å². The average Bonchev–Trinajstić information content (AvgIpc) is 2.28. The first-order valence-electron chi connectivity index (χ1n) is 5.32. The number of ether oxygens (including phenoxy) is 1. The van der Waals surface area contributed by atoms with Crippen LogP contribution >= 0.6 is 0 Å². The van der Waals surface area contributed by atoms with Crippen molar-refractivity contribution in [3.8, 4) is 0 Å². The SMILES string of the molecule is [CH2]CC[C@@H]([CH2])NC(=O)OCc1ccccc1. The van der Waals surface area contributed by atoms with Crippen molar-refractivity contribution in [3.05, 3.63) is 49.7 Å². The molecular weight excluding hydrogens is 202 g/mol. The molecule has 0 unspecified atom stereocenters. The second-order valence-corrected chi connectivity index (χ2v) is 3.55. The minimum absolute atomic E-state index is 0.138. The summed E-state index contributed by atoms with van der Waals surface area (Å²) in [6.45, 7) is 7.75. The van der Waals surface area contributed by atoms with Crippen molar-refractivity contribution in [1.82, 2.24) is 5.32 Å². The molecule has 3 heteroatoms. The van der Waals surface area contributed by atoms with Crippen LogP contribution in [0.15, 0.2) is 30.3 Å². The van der Waals surface area contributed by atoms with Crippen LogP contribution in [0.5, 0.6) is 0 Å². The third-order valence-electron chi connectivity index (χ3n) is 2.09. The molecule has 2 radical (unpaired) electrons. The van der Waals surface area contributed by atoms with E-state index in [1.54, 1.807) is 0 Å². The van der Waals surface area contributed by atoms with Gasteiger partial charge in [-0.05, 0) is 18.9 Å².